The van der Waals surface area contributed by atoms with E-state index in [1.54, 1.807) is 11.8 Å². The fraction of sp³-hybridized carbons (Fsp3) is 0.333. The molecule has 0 radical (unpaired) electrons. The van der Waals surface area contributed by atoms with Crippen LogP contribution < -0.4 is 0 Å². The lowest BCUT2D eigenvalue weighted by Crippen LogP contribution is -1.87. The molecule has 0 aromatic carbocycles. The van der Waals surface area contributed by atoms with Crippen molar-refractivity contribution in [3.05, 3.63) is 10.4 Å². The molecule has 0 saturated heterocycles. The van der Waals surface area contributed by atoms with Crippen LogP contribution in [-0.4, -0.2) is 5.75 Å². The number of halogens is 1. The van der Waals surface area contributed by atoms with Gasteiger partial charge in [0.25, 0.3) is 0 Å². The molecule has 1 rings (SSSR count). The molecule has 0 aliphatic carbocycles. The van der Waals surface area contributed by atoms with Crippen molar-refractivity contribution in [3.8, 4) is 12.3 Å². The van der Waals surface area contributed by atoms with Gasteiger partial charge in [-0.05, 0) is 6.08 Å². The zero-order chi connectivity index (χ0) is 5.98. The van der Waals surface area contributed by atoms with Gasteiger partial charge in [0, 0.05) is 11.7 Å². The van der Waals surface area contributed by atoms with Crippen LogP contribution in [0.5, 0.6) is 0 Å². The van der Waals surface area contributed by atoms with E-state index in [-0.39, 0.29) is 5.92 Å². The van der Waals surface area contributed by atoms with E-state index in [1.807, 2.05) is 6.08 Å². The van der Waals surface area contributed by atoms with Crippen molar-refractivity contribution in [2.24, 2.45) is 5.92 Å². The van der Waals surface area contributed by atoms with Gasteiger partial charge in [0.1, 0.15) is 0 Å². The van der Waals surface area contributed by atoms with Crippen LogP contribution in [0, 0.1) is 18.3 Å². The van der Waals surface area contributed by atoms with Crippen LogP contribution in [0.1, 0.15) is 0 Å². The molecule has 1 heterocycles. The Hall–Kier alpha value is -0.0600. The summed E-state index contributed by atoms with van der Waals surface area (Å²) < 4.78 is 0.841. The van der Waals surface area contributed by atoms with Crippen molar-refractivity contribution in [1.29, 1.82) is 0 Å². The third-order valence-corrected chi connectivity index (χ3v) is 2.34. The topological polar surface area (TPSA) is 0 Å². The normalized spacial score (nSPS) is 27.0. The maximum atomic E-state index is 5.61. The minimum Gasteiger partial charge on any atom is -0.119 e. The van der Waals surface area contributed by atoms with E-state index in [1.165, 1.54) is 0 Å². The molecule has 0 saturated carbocycles. The average molecular weight is 145 g/mol. The molecule has 1 aliphatic rings. The summed E-state index contributed by atoms with van der Waals surface area (Å²) in [6, 6.07) is 0. The monoisotopic (exact) mass is 144 g/mol. The van der Waals surface area contributed by atoms with E-state index >= 15 is 0 Å². The second-order valence-electron chi connectivity index (χ2n) is 1.55. The molecular weight excluding hydrogens is 140 g/mol. The third-order valence-electron chi connectivity index (χ3n) is 0.947. The van der Waals surface area contributed by atoms with Crippen molar-refractivity contribution >= 4 is 23.4 Å². The SMILES string of the molecule is C#CC1C=C(Cl)SC1. The van der Waals surface area contributed by atoms with Gasteiger partial charge in [0.05, 0.1) is 4.36 Å². The molecule has 42 valence electrons. The number of rotatable bonds is 0. The first-order chi connectivity index (χ1) is 3.83. The van der Waals surface area contributed by atoms with Crippen molar-refractivity contribution in [3.63, 3.8) is 0 Å². The molecule has 0 fully saturated rings. The van der Waals surface area contributed by atoms with Crippen molar-refractivity contribution in [1.82, 2.24) is 0 Å². The Labute approximate surface area is 58.3 Å². The van der Waals surface area contributed by atoms with Crippen LogP contribution in [0.4, 0.5) is 0 Å². The van der Waals surface area contributed by atoms with E-state index in [4.69, 9.17) is 18.0 Å². The largest absolute Gasteiger partial charge is 0.119 e. The second kappa shape index (κ2) is 2.48. The number of hydrogen-bond acceptors (Lipinski definition) is 1. The van der Waals surface area contributed by atoms with Gasteiger partial charge >= 0.3 is 0 Å². The summed E-state index contributed by atoms with van der Waals surface area (Å²) in [5.74, 6) is 3.84. The van der Waals surface area contributed by atoms with Gasteiger partial charge in [0.2, 0.25) is 0 Å². The Balaban J connectivity index is 2.57. The summed E-state index contributed by atoms with van der Waals surface area (Å²) in [4.78, 5) is 0. The smallest absolute Gasteiger partial charge is 0.0708 e. The zero-order valence-corrected chi connectivity index (χ0v) is 5.80. The van der Waals surface area contributed by atoms with Crippen LogP contribution in [0.15, 0.2) is 10.4 Å². The maximum absolute atomic E-state index is 5.61. The molecule has 1 atom stereocenters. The van der Waals surface area contributed by atoms with Crippen LogP contribution in [0.2, 0.25) is 0 Å². The quantitative estimate of drug-likeness (QED) is 0.469. The van der Waals surface area contributed by atoms with Gasteiger partial charge in [0.15, 0.2) is 0 Å². The van der Waals surface area contributed by atoms with Gasteiger partial charge in [-0.25, -0.2) is 0 Å². The number of hydrogen-bond donors (Lipinski definition) is 0. The first-order valence-corrected chi connectivity index (χ1v) is 3.65. The lowest BCUT2D eigenvalue weighted by atomic mass is 10.2. The Morgan fingerprint density at radius 1 is 2.00 bits per heavy atom. The lowest BCUT2D eigenvalue weighted by molar-refractivity contribution is 1.02. The van der Waals surface area contributed by atoms with E-state index in [0.717, 1.165) is 10.1 Å². The molecule has 0 nitrogen and oxygen atoms in total. The standard InChI is InChI=1S/C6H5ClS/c1-2-5-3-6(7)8-4-5/h1,3,5H,4H2. The fourth-order valence-electron chi connectivity index (χ4n) is 0.520. The van der Waals surface area contributed by atoms with Crippen molar-refractivity contribution in [2.75, 3.05) is 5.75 Å². The molecule has 1 unspecified atom stereocenters. The zero-order valence-electron chi connectivity index (χ0n) is 4.23. The lowest BCUT2D eigenvalue weighted by Gasteiger charge is -1.88. The first-order valence-electron chi connectivity index (χ1n) is 2.29. The highest BCUT2D eigenvalue weighted by Crippen LogP contribution is 2.31. The molecule has 1 aliphatic heterocycles. The van der Waals surface area contributed by atoms with Crippen LogP contribution in [0.25, 0.3) is 0 Å². The summed E-state index contributed by atoms with van der Waals surface area (Å²) in [5, 5.41) is 0. The number of allylic oxidation sites excluding steroid dienone is 1. The summed E-state index contributed by atoms with van der Waals surface area (Å²) in [5.41, 5.74) is 0. The van der Waals surface area contributed by atoms with E-state index in [2.05, 4.69) is 5.92 Å². The van der Waals surface area contributed by atoms with Crippen LogP contribution >= 0.6 is 23.4 Å². The van der Waals surface area contributed by atoms with E-state index in [9.17, 15) is 0 Å². The van der Waals surface area contributed by atoms with Gasteiger partial charge in [-0.15, -0.1) is 18.2 Å². The maximum Gasteiger partial charge on any atom is 0.0708 e. The summed E-state index contributed by atoms with van der Waals surface area (Å²) in [7, 11) is 0. The summed E-state index contributed by atoms with van der Waals surface area (Å²) in [6.45, 7) is 0. The third kappa shape index (κ3) is 1.21. The minimum absolute atomic E-state index is 0.271. The van der Waals surface area contributed by atoms with Crippen LogP contribution in [0.3, 0.4) is 0 Å². The van der Waals surface area contributed by atoms with Crippen LogP contribution in [-0.2, 0) is 0 Å². The minimum atomic E-state index is 0.271. The number of thioether (sulfide) groups is 1. The van der Waals surface area contributed by atoms with E-state index < -0.39 is 0 Å². The highest BCUT2D eigenvalue weighted by molar-refractivity contribution is 8.04. The first kappa shape index (κ1) is 6.07. The average Bonchev–Trinajstić information content (AvgIpc) is 2.14. The van der Waals surface area contributed by atoms with Gasteiger partial charge < -0.3 is 0 Å². The second-order valence-corrected chi connectivity index (χ2v) is 3.25. The summed E-state index contributed by atoms with van der Waals surface area (Å²) >= 11 is 7.23. The molecule has 0 aromatic heterocycles. The molecule has 0 aromatic rings. The van der Waals surface area contributed by atoms with Crippen molar-refractivity contribution in [2.45, 2.75) is 0 Å². The molecule has 0 N–H and O–H groups in total. The Morgan fingerprint density at radius 2 is 2.75 bits per heavy atom. The molecule has 2 heteroatoms. The summed E-state index contributed by atoms with van der Waals surface area (Å²) in [6.07, 6.45) is 7.04. The molecule has 0 spiro atoms. The van der Waals surface area contributed by atoms with Crippen molar-refractivity contribution < 1.29 is 0 Å². The van der Waals surface area contributed by atoms with Gasteiger partial charge in [-0.1, -0.05) is 17.5 Å². The Morgan fingerprint density at radius 3 is 3.00 bits per heavy atom. The molecule has 0 amide bonds. The van der Waals surface area contributed by atoms with E-state index in [0.29, 0.717) is 0 Å². The Bertz CT molecular complexity index is 154. The predicted molar refractivity (Wildman–Crippen MR) is 38.7 cm³/mol. The molecule has 0 bridgehead atoms. The molecular formula is C6H5ClS. The molecule has 8 heavy (non-hydrogen) atoms. The fourth-order valence-corrected chi connectivity index (χ4v) is 1.65. The predicted octanol–water partition coefficient (Wildman–Crippen LogP) is 2.06. The highest BCUT2D eigenvalue weighted by Gasteiger charge is 2.10. The van der Waals surface area contributed by atoms with Gasteiger partial charge in [-0.3, -0.25) is 0 Å². The Kier molecular flexibility index (Phi) is 1.88. The number of terminal acetylenes is 1. The highest BCUT2D eigenvalue weighted by atomic mass is 35.5. The van der Waals surface area contributed by atoms with Gasteiger partial charge in [-0.2, -0.15) is 0 Å².